The van der Waals surface area contributed by atoms with Crippen LogP contribution in [0.2, 0.25) is 0 Å². The fraction of sp³-hybridized carbons (Fsp3) is 0.0185. The van der Waals surface area contributed by atoms with E-state index in [0.29, 0.717) is 0 Å². The molecule has 272 valence electrons. The van der Waals surface area contributed by atoms with Gasteiger partial charge in [0.1, 0.15) is 0 Å². The van der Waals surface area contributed by atoms with Crippen molar-refractivity contribution in [2.24, 2.45) is 0 Å². The number of halogens is 1. The first-order chi connectivity index (χ1) is 28.8. The van der Waals surface area contributed by atoms with Crippen LogP contribution in [0.15, 0.2) is 188 Å². The highest BCUT2D eigenvalue weighted by Crippen LogP contribution is 2.52. The standard InChI is InChI=1S/C54H33IN2S/c1-3-16-33(17-4-1)41-30-43(34-18-5-2-6-19-34)55-44-31-42(41)39-25-15-24-38-37-22-9-13-28-47(37)57(53(38)39)49-32-48(51-40-23-10-14-29-50(40)58-54(51)52(44)49)56-45-26-11-7-20-35(45)36-21-8-12-27-46(36)56/h1-30,32H,31H2. The Morgan fingerprint density at radius 1 is 0.483 bits per heavy atom. The summed E-state index contributed by atoms with van der Waals surface area (Å²) in [5.74, 6) is 0. The molecule has 0 unspecified atom stereocenters. The van der Waals surface area contributed by atoms with Gasteiger partial charge in [-0.15, -0.1) is 11.3 Å². The van der Waals surface area contributed by atoms with E-state index in [1.54, 1.807) is 3.51 Å². The van der Waals surface area contributed by atoms with Crippen molar-refractivity contribution < 1.29 is 0 Å². The third-order valence-electron chi connectivity index (χ3n) is 12.2. The summed E-state index contributed by atoms with van der Waals surface area (Å²) in [7, 11) is 0. The molecule has 0 atom stereocenters. The van der Waals surface area contributed by atoms with E-state index in [-0.39, 0.29) is 0 Å². The number of hydrogen-bond acceptors (Lipinski definition) is 1. The maximum atomic E-state index is 2.65. The van der Waals surface area contributed by atoms with Crippen LogP contribution in [0.4, 0.5) is 0 Å². The number of aromatic nitrogens is 2. The lowest BCUT2D eigenvalue weighted by atomic mass is 9.87. The second kappa shape index (κ2) is 12.6. The van der Waals surface area contributed by atoms with Crippen LogP contribution < -0.4 is 0 Å². The Hall–Kier alpha value is -6.34. The Kier molecular flexibility index (Phi) is 7.10. The fourth-order valence-corrected chi connectivity index (χ4v) is 14.5. The van der Waals surface area contributed by atoms with Crippen molar-refractivity contribution in [3.63, 3.8) is 0 Å². The molecule has 11 aromatic rings. The third kappa shape index (κ3) is 4.61. The van der Waals surface area contributed by atoms with Crippen LogP contribution in [0.25, 0.3) is 89.9 Å². The summed E-state index contributed by atoms with van der Waals surface area (Å²) in [5.41, 5.74) is 15.6. The molecule has 2 bridgehead atoms. The third-order valence-corrected chi connectivity index (χ3v) is 16.5. The predicted octanol–water partition coefficient (Wildman–Crippen LogP) is 15.1. The Morgan fingerprint density at radius 3 is 1.76 bits per heavy atom. The summed E-state index contributed by atoms with van der Waals surface area (Å²) in [5, 5.41) is 7.80. The van der Waals surface area contributed by atoms with Crippen molar-refractivity contribution in [3.05, 3.63) is 210 Å². The quantitative estimate of drug-likeness (QED) is 0.157. The first-order valence-electron chi connectivity index (χ1n) is 19.9. The molecule has 0 radical (unpaired) electrons. The smallest absolute Gasteiger partial charge is 0.0616 e. The zero-order valence-corrected chi connectivity index (χ0v) is 34.3. The molecule has 0 saturated carbocycles. The van der Waals surface area contributed by atoms with E-state index in [1.807, 2.05) is 11.3 Å². The number of allylic oxidation sites excluding steroid dienone is 3. The molecule has 0 amide bonds. The molecule has 3 aromatic heterocycles. The Balaban J connectivity index is 1.29. The molecule has 2 aliphatic heterocycles. The highest BCUT2D eigenvalue weighted by atomic mass is 127. The molecule has 4 heteroatoms. The first-order valence-corrected chi connectivity index (χ1v) is 22.8. The van der Waals surface area contributed by atoms with E-state index in [2.05, 4.69) is 197 Å². The van der Waals surface area contributed by atoms with Gasteiger partial charge in [0.25, 0.3) is 0 Å². The number of nitrogens with zero attached hydrogens (tertiary/aromatic N) is 2. The molecule has 0 fully saturated rings. The summed E-state index contributed by atoms with van der Waals surface area (Å²) in [6, 6.07) is 67.9. The van der Waals surface area contributed by atoms with Crippen molar-refractivity contribution in [1.82, 2.24) is 9.13 Å². The SMILES string of the molecule is C1=C(c2ccccc2)I=C2CC(=C1c1ccccc1)c1cccc3c4ccccc4n(c13)-c1cc(-n3c4ccccc4c4ccccc43)c3c(sc4ccccc43)c12. The molecule has 0 aliphatic carbocycles. The maximum Gasteiger partial charge on any atom is 0.0616 e. The molecule has 2 aliphatic rings. The van der Waals surface area contributed by atoms with Crippen LogP contribution >= 0.6 is 32.1 Å². The molecule has 5 heterocycles. The van der Waals surface area contributed by atoms with Gasteiger partial charge in [0.2, 0.25) is 0 Å². The number of fused-ring (bicyclic) bond motifs is 16. The number of benzene rings is 8. The number of thiophene rings is 1. The summed E-state index contributed by atoms with van der Waals surface area (Å²) in [4.78, 5) is 0. The van der Waals surface area contributed by atoms with Crippen molar-refractivity contribution >= 4 is 114 Å². The van der Waals surface area contributed by atoms with E-state index in [9.17, 15) is 0 Å². The monoisotopic (exact) mass is 868 g/mol. The van der Waals surface area contributed by atoms with Gasteiger partial charge in [0.05, 0.1) is 33.4 Å². The average Bonchev–Trinajstić information content (AvgIpc) is 3.89. The summed E-state index contributed by atoms with van der Waals surface area (Å²) in [6.45, 7) is 0. The number of rotatable bonds is 3. The lowest BCUT2D eigenvalue weighted by Gasteiger charge is -2.25. The van der Waals surface area contributed by atoms with E-state index >= 15 is 0 Å². The van der Waals surface area contributed by atoms with Crippen LogP contribution in [-0.2, 0) is 0 Å². The van der Waals surface area contributed by atoms with Gasteiger partial charge in [-0.2, -0.15) is 0 Å². The largest absolute Gasteiger partial charge is 0.308 e. The van der Waals surface area contributed by atoms with Gasteiger partial charge < -0.3 is 9.13 Å². The van der Waals surface area contributed by atoms with Crippen LogP contribution in [0.3, 0.4) is 0 Å². The minimum Gasteiger partial charge on any atom is -0.308 e. The highest BCUT2D eigenvalue weighted by Gasteiger charge is 2.31. The zero-order valence-electron chi connectivity index (χ0n) is 31.3. The minimum absolute atomic E-state index is 0.613. The topological polar surface area (TPSA) is 9.86 Å². The minimum atomic E-state index is -0.613. The van der Waals surface area contributed by atoms with Gasteiger partial charge in [-0.25, -0.2) is 0 Å². The van der Waals surface area contributed by atoms with Crippen LogP contribution in [0.1, 0.15) is 28.7 Å². The highest BCUT2D eigenvalue weighted by molar-refractivity contribution is 14.2. The fourth-order valence-electron chi connectivity index (χ4n) is 9.81. The van der Waals surface area contributed by atoms with E-state index in [1.165, 1.54) is 112 Å². The normalized spacial score (nSPS) is 14.1. The van der Waals surface area contributed by atoms with E-state index in [4.69, 9.17) is 0 Å². The second-order valence-electron chi connectivity index (χ2n) is 15.3. The van der Waals surface area contributed by atoms with E-state index in [0.717, 1.165) is 6.42 Å². The number of para-hydroxylation sites is 4. The van der Waals surface area contributed by atoms with Crippen molar-refractivity contribution in [2.45, 2.75) is 6.42 Å². The molecule has 13 rings (SSSR count). The zero-order chi connectivity index (χ0) is 37.9. The van der Waals surface area contributed by atoms with Gasteiger partial charge in [-0.3, -0.25) is 0 Å². The molecule has 0 N–H and O–H groups in total. The Labute approximate surface area is 349 Å². The summed E-state index contributed by atoms with van der Waals surface area (Å²) >= 11 is 1.36. The van der Waals surface area contributed by atoms with Crippen molar-refractivity contribution in [3.8, 4) is 11.4 Å². The van der Waals surface area contributed by atoms with Crippen molar-refractivity contribution in [2.75, 3.05) is 0 Å². The lowest BCUT2D eigenvalue weighted by molar-refractivity contribution is 1.14. The van der Waals surface area contributed by atoms with Gasteiger partial charge in [-0.1, -0.05) is 172 Å². The summed E-state index contributed by atoms with van der Waals surface area (Å²) in [6.07, 6.45) is 3.46. The molecular formula is C54H33IN2S. The second-order valence-corrected chi connectivity index (χ2v) is 19.4. The predicted molar refractivity (Wildman–Crippen MR) is 258 cm³/mol. The Bertz CT molecular complexity index is 3580. The summed E-state index contributed by atoms with van der Waals surface area (Å²) < 4.78 is 10.9. The van der Waals surface area contributed by atoms with Crippen LogP contribution in [0.5, 0.6) is 0 Å². The first kappa shape index (κ1) is 32.7. The Morgan fingerprint density at radius 2 is 1.05 bits per heavy atom. The van der Waals surface area contributed by atoms with Crippen LogP contribution in [-0.4, -0.2) is 12.6 Å². The number of hydrogen-bond donors (Lipinski definition) is 0. The molecule has 8 aromatic carbocycles. The molecule has 0 spiro atoms. The van der Waals surface area contributed by atoms with Crippen molar-refractivity contribution in [1.29, 1.82) is 0 Å². The van der Waals surface area contributed by atoms with Gasteiger partial charge >= 0.3 is 0 Å². The molecule has 0 saturated heterocycles. The van der Waals surface area contributed by atoms with Crippen LogP contribution in [0, 0.1) is 0 Å². The van der Waals surface area contributed by atoms with Gasteiger partial charge in [-0.05, 0) is 58.7 Å². The molecular weight excluding hydrogens is 836 g/mol. The van der Waals surface area contributed by atoms with Gasteiger partial charge in [0, 0.05) is 66.4 Å². The van der Waals surface area contributed by atoms with E-state index < -0.39 is 20.7 Å². The van der Waals surface area contributed by atoms with Gasteiger partial charge in [0.15, 0.2) is 0 Å². The maximum absolute atomic E-state index is 2.65. The average molecular weight is 869 g/mol. The molecule has 58 heavy (non-hydrogen) atoms. The molecule has 2 nitrogen and oxygen atoms in total. The lowest BCUT2D eigenvalue weighted by Crippen LogP contribution is -2.12.